The fraction of sp³-hybridized carbons (Fsp3) is 0.333. The van der Waals surface area contributed by atoms with Crippen LogP contribution in [0.4, 0.5) is 0 Å². The summed E-state index contributed by atoms with van der Waals surface area (Å²) in [6, 6.07) is -0.113. The molecule has 1 rings (SSSR count). The van der Waals surface area contributed by atoms with Crippen molar-refractivity contribution < 1.29 is 27.9 Å². The Balaban J connectivity index is 2.92. The van der Waals surface area contributed by atoms with Crippen molar-refractivity contribution in [3.8, 4) is 0 Å². The van der Waals surface area contributed by atoms with E-state index in [0.717, 1.165) is 19.4 Å². The highest BCUT2D eigenvalue weighted by atomic mass is 32.2. The van der Waals surface area contributed by atoms with Gasteiger partial charge in [-0.3, -0.25) is 4.79 Å². The Labute approximate surface area is 103 Å². The highest BCUT2D eigenvalue weighted by Crippen LogP contribution is 2.11. The number of methoxy groups -OCH3 is 1. The van der Waals surface area contributed by atoms with E-state index in [1.807, 2.05) is 0 Å². The number of rotatable bonds is 5. The Morgan fingerprint density at radius 2 is 2.11 bits per heavy atom. The smallest absolute Gasteiger partial charge is 0.352 e. The van der Waals surface area contributed by atoms with Crippen LogP contribution in [0.1, 0.15) is 17.4 Å². The van der Waals surface area contributed by atoms with Gasteiger partial charge in [-0.05, 0) is 13.0 Å². The number of H-pyrrole nitrogens is 1. The quantitative estimate of drug-likeness (QED) is 0.625. The third-order valence-electron chi connectivity index (χ3n) is 2.08. The van der Waals surface area contributed by atoms with Gasteiger partial charge in [-0.25, -0.2) is 13.2 Å². The van der Waals surface area contributed by atoms with Gasteiger partial charge in [-0.1, -0.05) is 0 Å². The van der Waals surface area contributed by atoms with Crippen molar-refractivity contribution >= 4 is 22.0 Å². The molecule has 0 aliphatic carbocycles. The predicted molar refractivity (Wildman–Crippen MR) is 59.6 cm³/mol. The number of aromatic carboxylic acids is 1. The van der Waals surface area contributed by atoms with E-state index in [1.165, 1.54) is 6.92 Å². The molecule has 18 heavy (non-hydrogen) atoms. The standard InChI is InChI=1S/C9H12N2O6S/c1-5(9(14)17-2)11-18(15,16)6-3-7(8(12)13)10-4-6/h3-5,10-11H,1-2H3,(H,12,13). The van der Waals surface area contributed by atoms with Gasteiger partial charge in [-0.15, -0.1) is 0 Å². The molecule has 1 aromatic rings. The molecule has 9 heteroatoms. The van der Waals surface area contributed by atoms with Gasteiger partial charge in [0, 0.05) is 6.20 Å². The number of carbonyl (C=O) groups is 2. The second-order valence-electron chi connectivity index (χ2n) is 3.42. The predicted octanol–water partition coefficient (Wildman–Crippen LogP) is -0.447. The maximum Gasteiger partial charge on any atom is 0.352 e. The maximum absolute atomic E-state index is 11.8. The minimum atomic E-state index is -3.97. The number of sulfonamides is 1. The summed E-state index contributed by atoms with van der Waals surface area (Å²) in [6.07, 6.45) is 1.02. The largest absolute Gasteiger partial charge is 0.477 e. The third-order valence-corrected chi connectivity index (χ3v) is 3.60. The molecule has 0 bridgehead atoms. The van der Waals surface area contributed by atoms with E-state index in [2.05, 4.69) is 14.4 Å². The first-order chi connectivity index (χ1) is 8.27. The molecule has 0 radical (unpaired) electrons. The fourth-order valence-corrected chi connectivity index (χ4v) is 2.36. The number of aromatic amines is 1. The second-order valence-corrected chi connectivity index (χ2v) is 5.13. The van der Waals surface area contributed by atoms with E-state index in [0.29, 0.717) is 0 Å². The molecular formula is C9H12N2O6S. The summed E-state index contributed by atoms with van der Waals surface area (Å²) in [5.41, 5.74) is -0.263. The number of carbonyl (C=O) groups excluding carboxylic acids is 1. The van der Waals surface area contributed by atoms with Crippen LogP contribution < -0.4 is 4.72 Å². The zero-order valence-electron chi connectivity index (χ0n) is 9.63. The van der Waals surface area contributed by atoms with Crippen molar-refractivity contribution in [2.45, 2.75) is 17.9 Å². The van der Waals surface area contributed by atoms with Gasteiger partial charge in [0.25, 0.3) is 0 Å². The van der Waals surface area contributed by atoms with Gasteiger partial charge in [0.15, 0.2) is 0 Å². The summed E-state index contributed by atoms with van der Waals surface area (Å²) in [7, 11) is -2.84. The number of ether oxygens (including phenoxy) is 1. The lowest BCUT2D eigenvalue weighted by atomic mass is 10.4. The van der Waals surface area contributed by atoms with E-state index in [4.69, 9.17) is 5.11 Å². The molecule has 0 aliphatic rings. The van der Waals surface area contributed by atoms with Gasteiger partial charge in [-0.2, -0.15) is 4.72 Å². The van der Waals surface area contributed by atoms with E-state index in [9.17, 15) is 18.0 Å². The Morgan fingerprint density at radius 1 is 1.50 bits per heavy atom. The first-order valence-corrected chi connectivity index (χ1v) is 6.28. The molecule has 3 N–H and O–H groups in total. The van der Waals surface area contributed by atoms with E-state index >= 15 is 0 Å². The van der Waals surface area contributed by atoms with Gasteiger partial charge in [0.2, 0.25) is 10.0 Å². The molecule has 1 unspecified atom stereocenters. The zero-order valence-corrected chi connectivity index (χ0v) is 10.4. The van der Waals surface area contributed by atoms with Crippen LogP contribution in [0.3, 0.4) is 0 Å². The Morgan fingerprint density at radius 3 is 2.56 bits per heavy atom. The molecule has 1 atom stereocenters. The van der Waals surface area contributed by atoms with Crippen molar-refractivity contribution in [3.05, 3.63) is 18.0 Å². The van der Waals surface area contributed by atoms with Crippen molar-refractivity contribution in [2.75, 3.05) is 7.11 Å². The lowest BCUT2D eigenvalue weighted by molar-refractivity contribution is -0.142. The summed E-state index contributed by atoms with van der Waals surface area (Å²) < 4.78 is 30.0. The normalized spacial score (nSPS) is 13.0. The molecule has 0 saturated carbocycles. The highest BCUT2D eigenvalue weighted by molar-refractivity contribution is 7.89. The molecule has 1 aromatic heterocycles. The summed E-state index contributed by atoms with van der Waals surface area (Å²) in [6.45, 7) is 1.31. The lowest BCUT2D eigenvalue weighted by Crippen LogP contribution is -2.38. The summed E-state index contributed by atoms with van der Waals surface area (Å²) >= 11 is 0. The van der Waals surface area contributed by atoms with Crippen LogP contribution in [0.2, 0.25) is 0 Å². The molecule has 0 saturated heterocycles. The van der Waals surface area contributed by atoms with Gasteiger partial charge in [0.1, 0.15) is 16.6 Å². The topological polar surface area (TPSA) is 126 Å². The van der Waals surface area contributed by atoms with Crippen molar-refractivity contribution in [1.82, 2.24) is 9.71 Å². The van der Waals surface area contributed by atoms with Gasteiger partial charge >= 0.3 is 11.9 Å². The molecule has 0 amide bonds. The number of aromatic nitrogens is 1. The molecule has 8 nitrogen and oxygen atoms in total. The number of carboxylic acid groups (broad SMARTS) is 1. The summed E-state index contributed by atoms with van der Waals surface area (Å²) in [5.74, 6) is -2.02. The highest BCUT2D eigenvalue weighted by Gasteiger charge is 2.24. The Hall–Kier alpha value is -1.87. The second kappa shape index (κ2) is 5.19. The first-order valence-electron chi connectivity index (χ1n) is 4.80. The average molecular weight is 276 g/mol. The van der Waals surface area contributed by atoms with Gasteiger partial charge in [0.05, 0.1) is 7.11 Å². The van der Waals surface area contributed by atoms with Crippen LogP contribution in [0.25, 0.3) is 0 Å². The van der Waals surface area contributed by atoms with Crippen LogP contribution in [0.15, 0.2) is 17.2 Å². The van der Waals surface area contributed by atoms with Crippen molar-refractivity contribution in [3.63, 3.8) is 0 Å². The molecular weight excluding hydrogens is 264 g/mol. The summed E-state index contributed by atoms with van der Waals surface area (Å²) in [4.78, 5) is 23.7. The molecule has 0 fully saturated rings. The van der Waals surface area contributed by atoms with Crippen LogP contribution in [0.5, 0.6) is 0 Å². The van der Waals surface area contributed by atoms with Crippen molar-refractivity contribution in [1.29, 1.82) is 0 Å². The average Bonchev–Trinajstić information content (AvgIpc) is 2.77. The van der Waals surface area contributed by atoms with Crippen LogP contribution in [0, 0.1) is 0 Å². The Bertz CT molecular complexity index is 561. The van der Waals surface area contributed by atoms with Crippen LogP contribution in [-0.4, -0.2) is 43.6 Å². The number of hydrogen-bond acceptors (Lipinski definition) is 5. The van der Waals surface area contributed by atoms with Gasteiger partial charge < -0.3 is 14.8 Å². The van der Waals surface area contributed by atoms with E-state index in [-0.39, 0.29) is 10.6 Å². The molecule has 1 heterocycles. The maximum atomic E-state index is 11.8. The zero-order chi connectivity index (χ0) is 13.9. The molecule has 0 aliphatic heterocycles. The first kappa shape index (κ1) is 14.2. The number of nitrogens with one attached hydrogen (secondary N) is 2. The number of esters is 1. The van der Waals surface area contributed by atoms with E-state index < -0.39 is 28.0 Å². The lowest BCUT2D eigenvalue weighted by Gasteiger charge is -2.10. The molecule has 0 aromatic carbocycles. The third kappa shape index (κ3) is 3.08. The van der Waals surface area contributed by atoms with Crippen molar-refractivity contribution in [2.24, 2.45) is 0 Å². The van der Waals surface area contributed by atoms with E-state index in [1.54, 1.807) is 0 Å². The number of hydrogen-bond donors (Lipinski definition) is 3. The number of carboxylic acids is 1. The fourth-order valence-electron chi connectivity index (χ4n) is 1.18. The minimum absolute atomic E-state index is 0.263. The minimum Gasteiger partial charge on any atom is -0.477 e. The SMILES string of the molecule is COC(=O)C(C)NS(=O)(=O)c1c[nH]c(C(=O)O)c1. The van der Waals surface area contributed by atoms with Crippen LogP contribution in [-0.2, 0) is 19.6 Å². The summed E-state index contributed by atoms with van der Waals surface area (Å²) in [5, 5.41) is 8.65. The monoisotopic (exact) mass is 276 g/mol. The Kier molecular flexibility index (Phi) is 4.09. The molecule has 0 spiro atoms. The van der Waals surface area contributed by atoms with Crippen LogP contribution >= 0.6 is 0 Å². The molecule has 100 valence electrons.